The zero-order chi connectivity index (χ0) is 23.9. The van der Waals surface area contributed by atoms with Crippen LogP contribution < -0.4 is 5.32 Å². The number of benzene rings is 3. The highest BCUT2D eigenvalue weighted by molar-refractivity contribution is 9.10. The number of ether oxygens (including phenoxy) is 1. The van der Waals surface area contributed by atoms with Crippen LogP contribution in [-0.2, 0) is 9.53 Å². The van der Waals surface area contributed by atoms with Gasteiger partial charge in [0.1, 0.15) is 10.6 Å². The summed E-state index contributed by atoms with van der Waals surface area (Å²) in [5.41, 5.74) is 4.15. The monoisotopic (exact) mass is 533 g/mol. The first-order chi connectivity index (χ1) is 16.6. The number of amides is 1. The maximum atomic E-state index is 13.2. The molecule has 1 heterocycles. The highest BCUT2D eigenvalue weighted by Gasteiger charge is 2.24. The number of carbonyl (C=O) groups excluding carboxylic acids is 2. The first kappa shape index (κ1) is 23.9. The summed E-state index contributed by atoms with van der Waals surface area (Å²) in [6, 6.07) is 27.7. The molecule has 1 aromatic heterocycles. The van der Waals surface area contributed by atoms with Crippen LogP contribution in [-0.4, -0.2) is 18.5 Å². The predicted octanol–water partition coefficient (Wildman–Crippen LogP) is 7.52. The van der Waals surface area contributed by atoms with Crippen molar-refractivity contribution in [2.45, 2.75) is 19.3 Å². The molecule has 0 saturated heterocycles. The molecule has 1 N–H and O–H groups in total. The average molecular weight is 534 g/mol. The molecule has 0 fully saturated rings. The van der Waals surface area contributed by atoms with Gasteiger partial charge in [-0.2, -0.15) is 0 Å². The van der Waals surface area contributed by atoms with E-state index in [-0.39, 0.29) is 24.9 Å². The summed E-state index contributed by atoms with van der Waals surface area (Å²) < 4.78 is 6.27. The van der Waals surface area contributed by atoms with Crippen molar-refractivity contribution in [3.8, 4) is 11.1 Å². The Bertz CT molecular complexity index is 1210. The minimum Gasteiger partial charge on any atom is -0.462 e. The summed E-state index contributed by atoms with van der Waals surface area (Å²) in [6.45, 7) is 2.03. The van der Waals surface area contributed by atoms with Crippen molar-refractivity contribution in [1.82, 2.24) is 0 Å². The Morgan fingerprint density at radius 3 is 2.06 bits per heavy atom. The normalized spacial score (nSPS) is 10.8. The Hall–Kier alpha value is -3.22. The Balaban J connectivity index is 1.63. The number of thiophene rings is 1. The Morgan fingerprint density at radius 2 is 1.50 bits per heavy atom. The van der Waals surface area contributed by atoms with E-state index < -0.39 is 5.97 Å². The molecule has 0 atom stereocenters. The zero-order valence-electron chi connectivity index (χ0n) is 18.7. The number of esters is 1. The van der Waals surface area contributed by atoms with Gasteiger partial charge in [-0.25, -0.2) is 4.79 Å². The maximum Gasteiger partial charge on any atom is 0.341 e. The van der Waals surface area contributed by atoms with Crippen LogP contribution in [0.5, 0.6) is 0 Å². The Kier molecular flexibility index (Phi) is 7.93. The van der Waals surface area contributed by atoms with E-state index in [1.54, 1.807) is 6.92 Å². The molecule has 1 amide bonds. The van der Waals surface area contributed by atoms with Gasteiger partial charge in [0, 0.05) is 27.8 Å². The molecule has 0 aliphatic rings. The third-order valence-corrected chi connectivity index (χ3v) is 6.90. The van der Waals surface area contributed by atoms with Crippen molar-refractivity contribution in [2.75, 3.05) is 11.9 Å². The second kappa shape index (κ2) is 11.3. The molecule has 4 nitrogen and oxygen atoms in total. The van der Waals surface area contributed by atoms with Gasteiger partial charge in [-0.1, -0.05) is 88.7 Å². The smallest absolute Gasteiger partial charge is 0.341 e. The second-order valence-electron chi connectivity index (χ2n) is 7.71. The molecule has 0 unspecified atom stereocenters. The van der Waals surface area contributed by atoms with E-state index in [0.29, 0.717) is 10.6 Å². The number of halogens is 1. The van der Waals surface area contributed by atoms with Crippen molar-refractivity contribution < 1.29 is 14.3 Å². The molecule has 0 aliphatic carbocycles. The minimum atomic E-state index is -0.445. The average Bonchev–Trinajstić information content (AvgIpc) is 3.27. The lowest BCUT2D eigenvalue weighted by atomic mass is 9.88. The summed E-state index contributed by atoms with van der Waals surface area (Å²) in [7, 11) is 0. The Morgan fingerprint density at radius 1 is 0.912 bits per heavy atom. The molecule has 3 aromatic carbocycles. The first-order valence-corrected chi connectivity index (χ1v) is 12.7. The molecule has 0 aliphatic heterocycles. The van der Waals surface area contributed by atoms with E-state index >= 15 is 0 Å². The number of hydrogen-bond acceptors (Lipinski definition) is 4. The molecule has 34 heavy (non-hydrogen) atoms. The quantitative estimate of drug-likeness (QED) is 0.238. The lowest BCUT2D eigenvalue weighted by molar-refractivity contribution is -0.116. The van der Waals surface area contributed by atoms with E-state index in [1.807, 2.05) is 90.3 Å². The van der Waals surface area contributed by atoms with Gasteiger partial charge >= 0.3 is 5.97 Å². The van der Waals surface area contributed by atoms with Crippen molar-refractivity contribution in [3.63, 3.8) is 0 Å². The fraction of sp³-hybridized carbons (Fsp3) is 0.143. The highest BCUT2D eigenvalue weighted by Crippen LogP contribution is 2.37. The summed E-state index contributed by atoms with van der Waals surface area (Å²) in [5, 5.41) is 5.38. The highest BCUT2D eigenvalue weighted by atomic mass is 79.9. The van der Waals surface area contributed by atoms with Gasteiger partial charge in [0.25, 0.3) is 0 Å². The van der Waals surface area contributed by atoms with Crippen LogP contribution in [0, 0.1) is 0 Å². The molecule has 0 saturated carbocycles. The predicted molar refractivity (Wildman–Crippen MR) is 141 cm³/mol. The van der Waals surface area contributed by atoms with Crippen molar-refractivity contribution in [2.24, 2.45) is 0 Å². The van der Waals surface area contributed by atoms with Gasteiger partial charge in [0.05, 0.1) is 6.61 Å². The lowest BCUT2D eigenvalue weighted by Gasteiger charge is -2.18. The van der Waals surface area contributed by atoms with Gasteiger partial charge < -0.3 is 10.1 Å². The molecule has 172 valence electrons. The molecule has 0 spiro atoms. The van der Waals surface area contributed by atoms with Gasteiger partial charge in [-0.3, -0.25) is 4.79 Å². The largest absolute Gasteiger partial charge is 0.462 e. The molecule has 4 rings (SSSR count). The van der Waals surface area contributed by atoms with E-state index in [4.69, 9.17) is 4.74 Å². The molecule has 0 bridgehead atoms. The SMILES string of the molecule is CCOC(=O)c1c(-c2ccc(Br)cc2)csc1NC(=O)CC(c1ccccc1)c1ccccc1. The third kappa shape index (κ3) is 5.64. The van der Waals surface area contributed by atoms with Gasteiger partial charge in [-0.05, 0) is 35.7 Å². The van der Waals surface area contributed by atoms with Gasteiger partial charge in [-0.15, -0.1) is 11.3 Å². The number of nitrogens with one attached hydrogen (secondary N) is 1. The second-order valence-corrected chi connectivity index (χ2v) is 9.50. The summed E-state index contributed by atoms with van der Waals surface area (Å²) >= 11 is 4.78. The number of carbonyl (C=O) groups is 2. The summed E-state index contributed by atoms with van der Waals surface area (Å²) in [6.07, 6.45) is 0.252. The van der Waals surface area contributed by atoms with E-state index in [9.17, 15) is 9.59 Å². The summed E-state index contributed by atoms with van der Waals surface area (Å²) in [4.78, 5) is 26.1. The number of anilines is 1. The number of hydrogen-bond donors (Lipinski definition) is 1. The van der Waals surface area contributed by atoms with Crippen LogP contribution in [0.2, 0.25) is 0 Å². The fourth-order valence-corrected chi connectivity index (χ4v) is 5.10. The fourth-order valence-electron chi connectivity index (χ4n) is 3.86. The van der Waals surface area contributed by atoms with Crippen molar-refractivity contribution >= 4 is 44.1 Å². The molecule has 0 radical (unpaired) electrons. The molecule has 6 heteroatoms. The first-order valence-electron chi connectivity index (χ1n) is 11.0. The molecular weight excluding hydrogens is 510 g/mol. The van der Waals surface area contributed by atoms with Crippen LogP contribution >= 0.6 is 27.3 Å². The van der Waals surface area contributed by atoms with Crippen LogP contribution in [0.15, 0.2) is 94.8 Å². The zero-order valence-corrected chi connectivity index (χ0v) is 21.1. The standard InChI is InChI=1S/C28H24BrNO3S/c1-2-33-28(32)26-24(21-13-15-22(29)16-14-21)18-34-27(26)30-25(31)17-23(19-9-5-3-6-10-19)20-11-7-4-8-12-20/h3-16,18,23H,2,17H2,1H3,(H,30,31). The van der Waals surface area contributed by atoms with Crippen LogP contribution in [0.4, 0.5) is 5.00 Å². The molecule has 4 aromatic rings. The minimum absolute atomic E-state index is 0.0978. The van der Waals surface area contributed by atoms with E-state index in [1.165, 1.54) is 11.3 Å². The maximum absolute atomic E-state index is 13.2. The van der Waals surface area contributed by atoms with Crippen LogP contribution in [0.3, 0.4) is 0 Å². The number of rotatable bonds is 8. The van der Waals surface area contributed by atoms with E-state index in [2.05, 4.69) is 21.2 Å². The van der Waals surface area contributed by atoms with Gasteiger partial charge in [0.15, 0.2) is 0 Å². The molecular formula is C28H24BrNO3S. The van der Waals surface area contributed by atoms with Gasteiger partial charge in [0.2, 0.25) is 5.91 Å². The van der Waals surface area contributed by atoms with Crippen LogP contribution in [0.1, 0.15) is 40.7 Å². The van der Waals surface area contributed by atoms with Crippen molar-refractivity contribution in [3.05, 3.63) is 111 Å². The van der Waals surface area contributed by atoms with E-state index in [0.717, 1.165) is 26.7 Å². The third-order valence-electron chi connectivity index (χ3n) is 5.47. The summed E-state index contributed by atoms with van der Waals surface area (Å²) in [5.74, 6) is -0.702. The lowest BCUT2D eigenvalue weighted by Crippen LogP contribution is -2.18. The van der Waals surface area contributed by atoms with Crippen molar-refractivity contribution in [1.29, 1.82) is 0 Å². The Labute approximate surface area is 211 Å². The van der Waals surface area contributed by atoms with Crippen LogP contribution in [0.25, 0.3) is 11.1 Å². The topological polar surface area (TPSA) is 55.4 Å².